The van der Waals surface area contributed by atoms with Crippen LogP contribution in [0.15, 0.2) is 5.10 Å². The van der Waals surface area contributed by atoms with E-state index in [0.29, 0.717) is 5.78 Å². The van der Waals surface area contributed by atoms with Gasteiger partial charge in [0.1, 0.15) is 5.78 Å². The molecule has 0 aromatic heterocycles. The predicted molar refractivity (Wildman–Crippen MR) is 77.1 cm³/mol. The van der Waals surface area contributed by atoms with Crippen LogP contribution in [-0.4, -0.2) is 17.5 Å². The molecule has 2 fully saturated rings. The monoisotopic (exact) mass is 262 g/mol. The first-order valence-corrected chi connectivity index (χ1v) is 7.90. The number of Topliss-reactive ketones (excluding diaryl/α,β-unsaturated/α-hetero) is 1. The number of hydrogen-bond donors (Lipinski definition) is 1. The van der Waals surface area contributed by atoms with Gasteiger partial charge in [-0.05, 0) is 30.6 Å². The van der Waals surface area contributed by atoms with Crippen molar-refractivity contribution in [2.24, 2.45) is 22.4 Å². The highest BCUT2D eigenvalue weighted by Crippen LogP contribution is 2.39. The summed E-state index contributed by atoms with van der Waals surface area (Å²) >= 11 is 0. The molecule has 1 heterocycles. The summed E-state index contributed by atoms with van der Waals surface area (Å²) in [4.78, 5) is 12.4. The molecule has 19 heavy (non-hydrogen) atoms. The van der Waals surface area contributed by atoms with Crippen LogP contribution in [0.25, 0.3) is 0 Å². The largest absolute Gasteiger partial charge is 0.306 e. The predicted octanol–water partition coefficient (Wildman–Crippen LogP) is 3.29. The van der Waals surface area contributed by atoms with Crippen molar-refractivity contribution in [3.63, 3.8) is 0 Å². The van der Waals surface area contributed by atoms with E-state index in [1.807, 2.05) is 0 Å². The molecule has 0 saturated heterocycles. The van der Waals surface area contributed by atoms with E-state index in [9.17, 15) is 4.79 Å². The van der Waals surface area contributed by atoms with Crippen LogP contribution in [0.1, 0.15) is 65.2 Å². The summed E-state index contributed by atoms with van der Waals surface area (Å²) in [5.41, 5.74) is 4.53. The van der Waals surface area contributed by atoms with E-state index in [2.05, 4.69) is 24.4 Å². The lowest BCUT2D eigenvalue weighted by Crippen LogP contribution is -2.45. The third-order valence-electron chi connectivity index (χ3n) is 5.19. The molecule has 0 aromatic carbocycles. The first-order chi connectivity index (χ1) is 9.05. The molecule has 3 nitrogen and oxygen atoms in total. The van der Waals surface area contributed by atoms with E-state index in [0.717, 1.165) is 30.9 Å². The Morgan fingerprint density at radius 2 is 2.05 bits per heavy atom. The normalized spacial score (nSPS) is 34.0. The van der Waals surface area contributed by atoms with Gasteiger partial charge in [-0.1, -0.05) is 39.5 Å². The van der Waals surface area contributed by atoms with Crippen molar-refractivity contribution < 1.29 is 4.79 Å². The molecule has 0 aromatic rings. The quantitative estimate of drug-likeness (QED) is 0.848. The maximum atomic E-state index is 12.4. The third-order valence-corrected chi connectivity index (χ3v) is 5.19. The number of hydrogen-bond acceptors (Lipinski definition) is 3. The molecular weight excluding hydrogens is 236 g/mol. The van der Waals surface area contributed by atoms with Crippen LogP contribution in [0.5, 0.6) is 0 Å². The minimum absolute atomic E-state index is 0.0921. The number of ketones is 1. The Balaban J connectivity index is 1.60. The van der Waals surface area contributed by atoms with Crippen molar-refractivity contribution >= 4 is 11.5 Å². The number of carbonyl (C=O) groups excluding carboxylic acids is 1. The van der Waals surface area contributed by atoms with Crippen molar-refractivity contribution in [3.05, 3.63) is 0 Å². The zero-order chi connectivity index (χ0) is 13.5. The van der Waals surface area contributed by atoms with E-state index in [4.69, 9.17) is 0 Å². The summed E-state index contributed by atoms with van der Waals surface area (Å²) in [5.74, 6) is 1.39. The molecule has 3 rings (SSSR count). The van der Waals surface area contributed by atoms with Gasteiger partial charge in [0, 0.05) is 6.42 Å². The van der Waals surface area contributed by atoms with E-state index in [1.165, 1.54) is 32.1 Å². The van der Waals surface area contributed by atoms with Gasteiger partial charge in [-0.25, -0.2) is 0 Å². The number of nitrogens with zero attached hydrogens (tertiary/aromatic N) is 1. The molecule has 3 heteroatoms. The number of rotatable bonds is 3. The van der Waals surface area contributed by atoms with Crippen LogP contribution >= 0.6 is 0 Å². The second-order valence-corrected chi connectivity index (χ2v) is 7.52. The standard InChI is InChI=1S/C16H26N2O/c1-16(2)9-13-15(14(19)10-16)12(17-18-13)8-7-11-5-3-4-6-11/h11,13,15,18H,3-10H2,1-2H3/t13-,15+/m1/s1. The average molecular weight is 262 g/mol. The molecule has 0 spiro atoms. The van der Waals surface area contributed by atoms with Crippen molar-refractivity contribution in [2.45, 2.75) is 71.3 Å². The smallest absolute Gasteiger partial charge is 0.144 e. The fourth-order valence-electron chi connectivity index (χ4n) is 4.23. The number of hydrazone groups is 1. The molecule has 2 aliphatic carbocycles. The maximum Gasteiger partial charge on any atom is 0.144 e. The summed E-state index contributed by atoms with van der Waals surface area (Å²) in [7, 11) is 0. The van der Waals surface area contributed by atoms with Gasteiger partial charge < -0.3 is 5.43 Å². The first kappa shape index (κ1) is 13.1. The van der Waals surface area contributed by atoms with E-state index in [-0.39, 0.29) is 17.4 Å². The lowest BCUT2D eigenvalue weighted by Gasteiger charge is -2.36. The number of nitrogens with one attached hydrogen (secondary N) is 1. The van der Waals surface area contributed by atoms with Gasteiger partial charge in [-0.15, -0.1) is 0 Å². The molecular formula is C16H26N2O. The molecule has 2 atom stereocenters. The Labute approximate surface area is 116 Å². The zero-order valence-corrected chi connectivity index (χ0v) is 12.2. The molecule has 3 aliphatic rings. The summed E-state index contributed by atoms with van der Waals surface area (Å²) in [6.07, 6.45) is 9.62. The number of fused-ring (bicyclic) bond motifs is 1. The van der Waals surface area contributed by atoms with Crippen LogP contribution in [-0.2, 0) is 4.79 Å². The highest BCUT2D eigenvalue weighted by molar-refractivity contribution is 6.07. The Morgan fingerprint density at radius 3 is 2.79 bits per heavy atom. The Hall–Kier alpha value is -0.860. The molecule has 2 saturated carbocycles. The van der Waals surface area contributed by atoms with Crippen molar-refractivity contribution in [1.29, 1.82) is 0 Å². The van der Waals surface area contributed by atoms with E-state index >= 15 is 0 Å². The van der Waals surface area contributed by atoms with Gasteiger partial charge in [0.15, 0.2) is 0 Å². The van der Waals surface area contributed by atoms with Crippen molar-refractivity contribution in [1.82, 2.24) is 5.43 Å². The summed E-state index contributed by atoms with van der Waals surface area (Å²) in [5, 5.41) is 4.50. The lowest BCUT2D eigenvalue weighted by atomic mass is 9.68. The second kappa shape index (κ2) is 4.92. The Morgan fingerprint density at radius 1 is 1.32 bits per heavy atom. The summed E-state index contributed by atoms with van der Waals surface area (Å²) in [6, 6.07) is 0.273. The lowest BCUT2D eigenvalue weighted by molar-refractivity contribution is -0.126. The van der Waals surface area contributed by atoms with Gasteiger partial charge in [-0.3, -0.25) is 4.79 Å². The van der Waals surface area contributed by atoms with Crippen LogP contribution in [0.2, 0.25) is 0 Å². The molecule has 1 aliphatic heterocycles. The van der Waals surface area contributed by atoms with Crippen molar-refractivity contribution in [3.8, 4) is 0 Å². The van der Waals surface area contributed by atoms with Crippen LogP contribution in [0, 0.1) is 17.3 Å². The van der Waals surface area contributed by atoms with Gasteiger partial charge >= 0.3 is 0 Å². The van der Waals surface area contributed by atoms with E-state index in [1.54, 1.807) is 0 Å². The topological polar surface area (TPSA) is 41.5 Å². The summed E-state index contributed by atoms with van der Waals surface area (Å²) in [6.45, 7) is 4.39. The molecule has 1 N–H and O–H groups in total. The van der Waals surface area contributed by atoms with Crippen molar-refractivity contribution in [2.75, 3.05) is 0 Å². The van der Waals surface area contributed by atoms with Gasteiger partial charge in [0.2, 0.25) is 0 Å². The molecule has 0 bridgehead atoms. The van der Waals surface area contributed by atoms with Gasteiger partial charge in [0.25, 0.3) is 0 Å². The van der Waals surface area contributed by atoms with Crippen LogP contribution < -0.4 is 5.43 Å². The second-order valence-electron chi connectivity index (χ2n) is 7.52. The number of carbonyl (C=O) groups is 1. The van der Waals surface area contributed by atoms with Crippen LogP contribution in [0.4, 0.5) is 0 Å². The first-order valence-electron chi connectivity index (χ1n) is 7.90. The fourth-order valence-corrected chi connectivity index (χ4v) is 4.23. The molecule has 0 amide bonds. The SMILES string of the molecule is CC1(C)CC(=O)[C@H]2C(CCC3CCCC3)=NN[C@@H]2C1. The molecule has 0 radical (unpaired) electrons. The highest BCUT2D eigenvalue weighted by Gasteiger charge is 2.45. The Kier molecular flexibility index (Phi) is 3.40. The summed E-state index contributed by atoms with van der Waals surface area (Å²) < 4.78 is 0. The Bertz CT molecular complexity index is 394. The average Bonchev–Trinajstić information content (AvgIpc) is 2.93. The minimum atomic E-state index is 0.0921. The molecule has 106 valence electrons. The highest BCUT2D eigenvalue weighted by atomic mass is 16.1. The zero-order valence-electron chi connectivity index (χ0n) is 12.2. The third kappa shape index (κ3) is 2.70. The minimum Gasteiger partial charge on any atom is -0.306 e. The van der Waals surface area contributed by atoms with Gasteiger partial charge in [0.05, 0.1) is 17.7 Å². The maximum absolute atomic E-state index is 12.4. The van der Waals surface area contributed by atoms with Crippen LogP contribution in [0.3, 0.4) is 0 Å². The fraction of sp³-hybridized carbons (Fsp3) is 0.875. The molecule has 0 unspecified atom stereocenters. The van der Waals surface area contributed by atoms with Gasteiger partial charge in [-0.2, -0.15) is 5.10 Å². The van der Waals surface area contributed by atoms with E-state index < -0.39 is 0 Å².